The van der Waals surface area contributed by atoms with Gasteiger partial charge in [-0.25, -0.2) is 13.8 Å². The van der Waals surface area contributed by atoms with Crippen molar-refractivity contribution in [3.05, 3.63) is 48.2 Å². The van der Waals surface area contributed by atoms with E-state index in [1.165, 1.54) is 27.3 Å². The van der Waals surface area contributed by atoms with E-state index in [2.05, 4.69) is 20.5 Å². The van der Waals surface area contributed by atoms with Crippen molar-refractivity contribution in [2.24, 2.45) is 0 Å². The summed E-state index contributed by atoms with van der Waals surface area (Å²) in [6.45, 7) is 1.40. The number of H-pyrrole nitrogens is 1. The van der Waals surface area contributed by atoms with Crippen molar-refractivity contribution in [2.45, 2.75) is 56.1 Å². The van der Waals surface area contributed by atoms with Crippen molar-refractivity contribution >= 4 is 28.7 Å². The fraction of sp³-hybridized carbons (Fsp3) is 0.440. The Hall–Kier alpha value is -3.60. The Bertz CT molecular complexity index is 1230. The summed E-state index contributed by atoms with van der Waals surface area (Å²) in [6.07, 6.45) is -0.846. The number of nitrogens with zero attached hydrogens (tertiary/aromatic N) is 3. The molecule has 0 aliphatic heterocycles. The molecule has 0 bridgehead atoms. The molecule has 2 amide bonds. The van der Waals surface area contributed by atoms with Crippen molar-refractivity contribution in [2.75, 3.05) is 19.5 Å². The van der Waals surface area contributed by atoms with Gasteiger partial charge in [-0.05, 0) is 49.6 Å². The zero-order valence-electron chi connectivity index (χ0n) is 20.3. The highest BCUT2D eigenvalue weighted by Crippen LogP contribution is 2.47. The number of aliphatic hydroxyl groups is 1. The SMILES string of the molecule is COc1ccc(C2(C(=O)N(C)C(C(=O)Nc3ccc4[nH]ncc4n3)C(C)O)CCC(F)(F)CC2)cc1. The molecule has 0 radical (unpaired) electrons. The number of nitrogens with one attached hydrogen (secondary N) is 2. The van der Waals surface area contributed by atoms with E-state index >= 15 is 0 Å². The zero-order valence-corrected chi connectivity index (χ0v) is 20.3. The lowest BCUT2D eigenvalue weighted by molar-refractivity contribution is -0.149. The number of methoxy groups -OCH3 is 1. The lowest BCUT2D eigenvalue weighted by Gasteiger charge is -2.43. The molecule has 11 heteroatoms. The Labute approximate surface area is 206 Å². The molecular formula is C25H29F2N5O4. The standard InChI is InChI=1S/C25H29F2N5O4/c1-15(33)21(22(34)30-20-9-8-18-19(29-20)14-28-31-18)32(2)23(35)24(10-12-25(26,27)13-11-24)16-4-6-17(36-3)7-5-16/h4-9,14-15,21,33H,10-13H2,1-3H3,(H,28,31)(H,29,30,34). The second-order valence-corrected chi connectivity index (χ2v) is 9.26. The lowest BCUT2D eigenvalue weighted by Crippen LogP contribution is -2.57. The minimum absolute atomic E-state index is 0.0949. The van der Waals surface area contributed by atoms with Crippen molar-refractivity contribution in [1.82, 2.24) is 20.1 Å². The number of carbonyl (C=O) groups is 2. The van der Waals surface area contributed by atoms with Gasteiger partial charge in [-0.1, -0.05) is 12.1 Å². The van der Waals surface area contributed by atoms with Gasteiger partial charge in [-0.3, -0.25) is 14.7 Å². The van der Waals surface area contributed by atoms with Crippen LogP contribution >= 0.6 is 0 Å². The first kappa shape index (κ1) is 25.5. The molecule has 9 nitrogen and oxygen atoms in total. The van der Waals surface area contributed by atoms with Gasteiger partial charge in [0.1, 0.15) is 23.1 Å². The smallest absolute Gasteiger partial charge is 0.250 e. The number of aromatic nitrogens is 3. The number of hydrogen-bond acceptors (Lipinski definition) is 6. The zero-order chi connectivity index (χ0) is 26.1. The number of alkyl halides is 2. The first-order valence-corrected chi connectivity index (χ1v) is 11.6. The van der Waals surface area contributed by atoms with Gasteiger partial charge in [0.15, 0.2) is 0 Å². The van der Waals surface area contributed by atoms with Crippen LogP contribution in [0.4, 0.5) is 14.6 Å². The number of rotatable bonds is 7. The van der Waals surface area contributed by atoms with Gasteiger partial charge in [-0.15, -0.1) is 0 Å². The quantitative estimate of drug-likeness (QED) is 0.457. The number of ether oxygens (including phenoxy) is 1. The van der Waals surface area contributed by atoms with Crippen molar-refractivity contribution in [1.29, 1.82) is 0 Å². The van der Waals surface area contributed by atoms with Crippen LogP contribution in [0.15, 0.2) is 42.6 Å². The molecule has 2 unspecified atom stereocenters. The molecule has 2 atom stereocenters. The lowest BCUT2D eigenvalue weighted by atomic mass is 9.67. The van der Waals surface area contributed by atoms with Crippen molar-refractivity contribution < 1.29 is 28.2 Å². The molecule has 1 aliphatic rings. The van der Waals surface area contributed by atoms with Crippen LogP contribution in [0.25, 0.3) is 11.0 Å². The number of halogens is 2. The Morgan fingerprint density at radius 2 is 1.81 bits per heavy atom. The third kappa shape index (κ3) is 4.88. The number of fused-ring (bicyclic) bond motifs is 1. The van der Waals surface area contributed by atoms with E-state index < -0.39 is 48.1 Å². The molecule has 1 fully saturated rings. The largest absolute Gasteiger partial charge is 0.497 e. The van der Waals surface area contributed by atoms with Crippen LogP contribution in [-0.2, 0) is 15.0 Å². The second-order valence-electron chi connectivity index (χ2n) is 9.26. The number of aromatic amines is 1. The van der Waals surface area contributed by atoms with E-state index in [0.717, 1.165) is 4.90 Å². The van der Waals surface area contributed by atoms with E-state index in [-0.39, 0.29) is 18.7 Å². The number of amides is 2. The van der Waals surface area contributed by atoms with Crippen LogP contribution in [0.1, 0.15) is 38.2 Å². The molecule has 2 aromatic heterocycles. The summed E-state index contributed by atoms with van der Waals surface area (Å²) in [4.78, 5) is 32.6. The van der Waals surface area contributed by atoms with Gasteiger partial charge in [0.05, 0.1) is 30.3 Å². The van der Waals surface area contributed by atoms with Crippen molar-refractivity contribution in [3.63, 3.8) is 0 Å². The summed E-state index contributed by atoms with van der Waals surface area (Å²) in [5.41, 5.74) is 0.507. The van der Waals surface area contributed by atoms with E-state index in [0.29, 0.717) is 22.3 Å². The summed E-state index contributed by atoms with van der Waals surface area (Å²) < 4.78 is 33.5. The van der Waals surface area contributed by atoms with Gasteiger partial charge in [0, 0.05) is 19.9 Å². The number of likely N-dealkylation sites (N-methyl/N-ethyl adjacent to an activating group) is 1. The van der Waals surface area contributed by atoms with Crippen LogP contribution in [0, 0.1) is 0 Å². The fourth-order valence-corrected chi connectivity index (χ4v) is 4.86. The summed E-state index contributed by atoms with van der Waals surface area (Å²) >= 11 is 0. The minimum atomic E-state index is -2.87. The van der Waals surface area contributed by atoms with E-state index in [9.17, 15) is 23.5 Å². The van der Waals surface area contributed by atoms with Crippen LogP contribution < -0.4 is 10.1 Å². The predicted octanol–water partition coefficient (Wildman–Crippen LogP) is 3.26. The number of benzene rings is 1. The predicted molar refractivity (Wildman–Crippen MR) is 129 cm³/mol. The van der Waals surface area contributed by atoms with Crippen LogP contribution in [0.5, 0.6) is 5.75 Å². The fourth-order valence-electron chi connectivity index (χ4n) is 4.86. The van der Waals surface area contributed by atoms with Gasteiger partial charge >= 0.3 is 0 Å². The highest BCUT2D eigenvalue weighted by Gasteiger charge is 2.51. The third-order valence-corrected chi connectivity index (χ3v) is 6.90. The maximum atomic E-state index is 14.1. The Morgan fingerprint density at radius 3 is 2.42 bits per heavy atom. The molecule has 2 heterocycles. The number of anilines is 1. The molecule has 0 saturated heterocycles. The molecule has 3 aromatic rings. The first-order chi connectivity index (χ1) is 17.1. The molecule has 1 aromatic carbocycles. The van der Waals surface area contributed by atoms with Crippen LogP contribution in [0.3, 0.4) is 0 Å². The molecule has 0 spiro atoms. The highest BCUT2D eigenvalue weighted by molar-refractivity contribution is 5.99. The maximum absolute atomic E-state index is 14.1. The van der Waals surface area contributed by atoms with Gasteiger partial charge < -0.3 is 20.1 Å². The average molecular weight is 502 g/mol. The number of pyridine rings is 1. The highest BCUT2D eigenvalue weighted by atomic mass is 19.3. The summed E-state index contributed by atoms with van der Waals surface area (Å²) in [5.74, 6) is -3.24. The number of aliphatic hydroxyl groups excluding tert-OH is 1. The second kappa shape index (κ2) is 9.81. The molecule has 4 rings (SSSR count). The van der Waals surface area contributed by atoms with Gasteiger partial charge in [0.25, 0.3) is 5.91 Å². The van der Waals surface area contributed by atoms with Crippen molar-refractivity contribution in [3.8, 4) is 5.75 Å². The molecule has 1 aliphatic carbocycles. The average Bonchev–Trinajstić information content (AvgIpc) is 3.32. The first-order valence-electron chi connectivity index (χ1n) is 11.6. The summed E-state index contributed by atoms with van der Waals surface area (Å²) in [5, 5.41) is 19.8. The van der Waals surface area contributed by atoms with Crippen LogP contribution in [-0.4, -0.2) is 69.2 Å². The third-order valence-electron chi connectivity index (χ3n) is 6.90. The summed E-state index contributed by atoms with van der Waals surface area (Å²) in [6, 6.07) is 8.71. The number of carbonyl (C=O) groups excluding carboxylic acids is 2. The van der Waals surface area contributed by atoms with Crippen LogP contribution in [0.2, 0.25) is 0 Å². The van der Waals surface area contributed by atoms with E-state index in [1.807, 2.05) is 0 Å². The topological polar surface area (TPSA) is 120 Å². The Morgan fingerprint density at radius 1 is 1.14 bits per heavy atom. The van der Waals surface area contributed by atoms with Gasteiger partial charge in [0.2, 0.25) is 11.8 Å². The number of hydrogen-bond donors (Lipinski definition) is 3. The normalized spacial score (nSPS) is 18.3. The summed E-state index contributed by atoms with van der Waals surface area (Å²) in [7, 11) is 2.92. The molecule has 192 valence electrons. The molecular weight excluding hydrogens is 472 g/mol. The van der Waals surface area contributed by atoms with E-state index in [4.69, 9.17) is 4.74 Å². The molecule has 3 N–H and O–H groups in total. The molecule has 36 heavy (non-hydrogen) atoms. The Balaban J connectivity index is 1.63. The van der Waals surface area contributed by atoms with Gasteiger partial charge in [-0.2, -0.15) is 5.10 Å². The monoisotopic (exact) mass is 501 g/mol. The van der Waals surface area contributed by atoms with E-state index in [1.54, 1.807) is 36.4 Å². The molecule has 1 saturated carbocycles. The minimum Gasteiger partial charge on any atom is -0.497 e. The maximum Gasteiger partial charge on any atom is 0.250 e. The Kier molecular flexibility index (Phi) is 6.94.